The Bertz CT molecular complexity index is 568. The average molecular weight is 269 g/mol. The van der Waals surface area contributed by atoms with Gasteiger partial charge in [-0.3, -0.25) is 0 Å². The summed E-state index contributed by atoms with van der Waals surface area (Å²) in [6, 6.07) is 16.9. The molecule has 1 unspecified atom stereocenters. The maximum absolute atomic E-state index is 5.54. The first kappa shape index (κ1) is 13.0. The zero-order chi connectivity index (χ0) is 13.8. The van der Waals surface area contributed by atoms with Gasteiger partial charge in [-0.15, -0.1) is 0 Å². The molecule has 104 valence electrons. The molecule has 1 atom stereocenters. The van der Waals surface area contributed by atoms with Gasteiger partial charge in [0.25, 0.3) is 0 Å². The highest BCUT2D eigenvalue weighted by molar-refractivity contribution is 5.48. The minimum Gasteiger partial charge on any atom is -0.454 e. The zero-order valence-electron chi connectivity index (χ0n) is 11.6. The van der Waals surface area contributed by atoms with Crippen LogP contribution in [0.1, 0.15) is 30.5 Å². The van der Waals surface area contributed by atoms with Crippen molar-refractivity contribution in [3.63, 3.8) is 0 Å². The van der Waals surface area contributed by atoms with Gasteiger partial charge in [-0.1, -0.05) is 49.4 Å². The minimum atomic E-state index is 0.322. The van der Waals surface area contributed by atoms with Gasteiger partial charge in [-0.2, -0.15) is 0 Å². The van der Waals surface area contributed by atoms with Crippen molar-refractivity contribution in [1.82, 2.24) is 5.32 Å². The average Bonchev–Trinajstić information content (AvgIpc) is 2.98. The molecule has 1 heterocycles. The van der Waals surface area contributed by atoms with E-state index in [1.165, 1.54) is 5.56 Å². The Kier molecular flexibility index (Phi) is 3.88. The van der Waals surface area contributed by atoms with Crippen LogP contribution in [0.4, 0.5) is 0 Å². The van der Waals surface area contributed by atoms with Gasteiger partial charge in [0.05, 0.1) is 0 Å². The predicted molar refractivity (Wildman–Crippen MR) is 78.9 cm³/mol. The van der Waals surface area contributed by atoms with Crippen molar-refractivity contribution in [2.24, 2.45) is 0 Å². The standard InChI is InChI=1S/C17H19NO2/c1-2-15(13-7-4-3-5-8-13)18-11-14-9-6-10-16-17(14)20-12-19-16/h3-10,15,18H,2,11-12H2,1H3. The minimum absolute atomic E-state index is 0.322. The van der Waals surface area contributed by atoms with E-state index in [9.17, 15) is 0 Å². The third kappa shape index (κ3) is 2.63. The molecular formula is C17H19NO2. The van der Waals surface area contributed by atoms with E-state index in [2.05, 4.69) is 42.6 Å². The smallest absolute Gasteiger partial charge is 0.231 e. The van der Waals surface area contributed by atoms with Gasteiger partial charge in [-0.25, -0.2) is 0 Å². The van der Waals surface area contributed by atoms with Crippen LogP contribution in [0.15, 0.2) is 48.5 Å². The van der Waals surface area contributed by atoms with Crippen molar-refractivity contribution in [1.29, 1.82) is 0 Å². The summed E-state index contributed by atoms with van der Waals surface area (Å²) in [6.07, 6.45) is 1.05. The van der Waals surface area contributed by atoms with Crippen molar-refractivity contribution in [2.75, 3.05) is 6.79 Å². The number of hydrogen-bond donors (Lipinski definition) is 1. The molecule has 2 aromatic rings. The van der Waals surface area contributed by atoms with E-state index in [0.29, 0.717) is 12.8 Å². The highest BCUT2D eigenvalue weighted by atomic mass is 16.7. The molecule has 3 heteroatoms. The fourth-order valence-electron chi connectivity index (χ4n) is 2.55. The quantitative estimate of drug-likeness (QED) is 0.898. The molecule has 0 aliphatic carbocycles. The first-order valence-corrected chi connectivity index (χ1v) is 7.04. The zero-order valence-corrected chi connectivity index (χ0v) is 11.6. The maximum atomic E-state index is 5.54. The number of nitrogens with one attached hydrogen (secondary N) is 1. The Balaban J connectivity index is 1.71. The third-order valence-corrected chi connectivity index (χ3v) is 3.63. The van der Waals surface area contributed by atoms with Gasteiger partial charge in [-0.05, 0) is 18.1 Å². The van der Waals surface area contributed by atoms with Crippen molar-refractivity contribution in [3.8, 4) is 11.5 Å². The van der Waals surface area contributed by atoms with E-state index < -0.39 is 0 Å². The highest BCUT2D eigenvalue weighted by Gasteiger charge is 2.17. The second kappa shape index (κ2) is 5.97. The number of benzene rings is 2. The van der Waals surface area contributed by atoms with Crippen molar-refractivity contribution >= 4 is 0 Å². The van der Waals surface area contributed by atoms with Crippen LogP contribution in [0, 0.1) is 0 Å². The largest absolute Gasteiger partial charge is 0.454 e. The maximum Gasteiger partial charge on any atom is 0.231 e. The molecule has 3 nitrogen and oxygen atoms in total. The molecule has 0 radical (unpaired) electrons. The first-order chi connectivity index (χ1) is 9.88. The monoisotopic (exact) mass is 269 g/mol. The molecule has 3 rings (SSSR count). The van der Waals surface area contributed by atoms with Crippen LogP contribution in [0.5, 0.6) is 11.5 Å². The van der Waals surface area contributed by atoms with Gasteiger partial charge in [0.15, 0.2) is 11.5 Å². The van der Waals surface area contributed by atoms with Crippen molar-refractivity contribution < 1.29 is 9.47 Å². The van der Waals surface area contributed by atoms with Crippen molar-refractivity contribution in [2.45, 2.75) is 25.9 Å². The molecule has 1 aliphatic heterocycles. The van der Waals surface area contributed by atoms with Crippen LogP contribution in [-0.4, -0.2) is 6.79 Å². The Morgan fingerprint density at radius 3 is 2.70 bits per heavy atom. The third-order valence-electron chi connectivity index (χ3n) is 3.63. The van der Waals surface area contributed by atoms with Crippen LogP contribution >= 0.6 is 0 Å². The van der Waals surface area contributed by atoms with E-state index in [0.717, 1.165) is 30.0 Å². The lowest BCUT2D eigenvalue weighted by Gasteiger charge is -2.18. The summed E-state index contributed by atoms with van der Waals surface area (Å²) in [5.41, 5.74) is 2.47. The highest BCUT2D eigenvalue weighted by Crippen LogP contribution is 2.35. The van der Waals surface area contributed by atoms with Gasteiger partial charge in [0.1, 0.15) is 0 Å². The molecular weight excluding hydrogens is 250 g/mol. The van der Waals surface area contributed by atoms with Crippen molar-refractivity contribution in [3.05, 3.63) is 59.7 Å². The van der Waals surface area contributed by atoms with E-state index >= 15 is 0 Å². The number of fused-ring (bicyclic) bond motifs is 1. The molecule has 1 N–H and O–H groups in total. The summed E-state index contributed by atoms with van der Waals surface area (Å²) in [5, 5.41) is 3.60. The summed E-state index contributed by atoms with van der Waals surface area (Å²) in [5.74, 6) is 1.72. The number of hydrogen-bond acceptors (Lipinski definition) is 3. The number of rotatable bonds is 5. The van der Waals surface area contributed by atoms with Gasteiger partial charge < -0.3 is 14.8 Å². The van der Waals surface area contributed by atoms with Crippen LogP contribution in [0.2, 0.25) is 0 Å². The Hall–Kier alpha value is -2.00. The predicted octanol–water partition coefficient (Wildman–Crippen LogP) is 3.66. The molecule has 20 heavy (non-hydrogen) atoms. The number of ether oxygens (including phenoxy) is 2. The van der Waals surface area contributed by atoms with Crippen LogP contribution in [0.25, 0.3) is 0 Å². The van der Waals surface area contributed by atoms with Gasteiger partial charge in [0, 0.05) is 18.2 Å². The molecule has 0 amide bonds. The first-order valence-electron chi connectivity index (χ1n) is 7.04. The Morgan fingerprint density at radius 2 is 1.90 bits per heavy atom. The SMILES string of the molecule is CCC(NCc1cccc2c1OCO2)c1ccccc1. The lowest BCUT2D eigenvalue weighted by molar-refractivity contribution is 0.173. The lowest BCUT2D eigenvalue weighted by Crippen LogP contribution is -2.20. The molecule has 1 aliphatic rings. The van der Waals surface area contributed by atoms with E-state index in [1.54, 1.807) is 0 Å². The molecule has 0 aromatic heterocycles. The second-order valence-corrected chi connectivity index (χ2v) is 4.90. The summed E-state index contributed by atoms with van der Waals surface area (Å²) in [6.45, 7) is 3.29. The van der Waals surface area contributed by atoms with E-state index in [-0.39, 0.29) is 0 Å². The molecule has 2 aromatic carbocycles. The normalized spacial score (nSPS) is 14.2. The van der Waals surface area contributed by atoms with Gasteiger partial charge in [0.2, 0.25) is 6.79 Å². The topological polar surface area (TPSA) is 30.5 Å². The Morgan fingerprint density at radius 1 is 1.05 bits per heavy atom. The molecule has 0 fully saturated rings. The fraction of sp³-hybridized carbons (Fsp3) is 0.294. The van der Waals surface area contributed by atoms with Crippen LogP contribution in [-0.2, 0) is 6.54 Å². The van der Waals surface area contributed by atoms with Crippen LogP contribution < -0.4 is 14.8 Å². The molecule has 0 saturated carbocycles. The summed E-state index contributed by atoms with van der Waals surface area (Å²) in [7, 11) is 0. The fourth-order valence-corrected chi connectivity index (χ4v) is 2.55. The van der Waals surface area contributed by atoms with Gasteiger partial charge >= 0.3 is 0 Å². The lowest BCUT2D eigenvalue weighted by atomic mass is 10.0. The Labute approximate surface area is 119 Å². The summed E-state index contributed by atoms with van der Waals surface area (Å²) < 4.78 is 10.9. The molecule has 0 bridgehead atoms. The molecule has 0 spiro atoms. The molecule has 0 saturated heterocycles. The summed E-state index contributed by atoms with van der Waals surface area (Å²) >= 11 is 0. The second-order valence-electron chi connectivity index (χ2n) is 4.90. The van der Waals surface area contributed by atoms with E-state index in [1.807, 2.05) is 18.2 Å². The van der Waals surface area contributed by atoms with Crippen LogP contribution in [0.3, 0.4) is 0 Å². The summed E-state index contributed by atoms with van der Waals surface area (Å²) in [4.78, 5) is 0. The van der Waals surface area contributed by atoms with E-state index in [4.69, 9.17) is 9.47 Å². The number of para-hydroxylation sites is 1.